The van der Waals surface area contributed by atoms with Crippen molar-refractivity contribution < 1.29 is 9.59 Å². The number of piperidine rings is 2. The van der Waals surface area contributed by atoms with E-state index in [0.29, 0.717) is 29.9 Å². The molecule has 0 spiro atoms. The molecule has 0 radical (unpaired) electrons. The zero-order chi connectivity index (χ0) is 16.9. The summed E-state index contributed by atoms with van der Waals surface area (Å²) in [4.78, 5) is 33.0. The molecule has 0 aliphatic carbocycles. The van der Waals surface area contributed by atoms with Crippen LogP contribution in [0.3, 0.4) is 0 Å². The Kier molecular flexibility index (Phi) is 5.76. The second-order valence-corrected chi connectivity index (χ2v) is 7.57. The second-order valence-electron chi connectivity index (χ2n) is 6.58. The highest BCUT2D eigenvalue weighted by Crippen LogP contribution is 2.32. The van der Waals surface area contributed by atoms with Gasteiger partial charge in [-0.3, -0.25) is 14.6 Å². The zero-order valence-electron chi connectivity index (χ0n) is 14.2. The summed E-state index contributed by atoms with van der Waals surface area (Å²) in [5, 5.41) is 0. The maximum absolute atomic E-state index is 12.6. The lowest BCUT2D eigenvalue weighted by Gasteiger charge is -2.47. The molecular weight excluding hydrogens is 322 g/mol. The molecule has 2 fully saturated rings. The van der Waals surface area contributed by atoms with Gasteiger partial charge in [0.25, 0.3) is 5.91 Å². The van der Waals surface area contributed by atoms with Gasteiger partial charge in [0.1, 0.15) is 0 Å². The van der Waals surface area contributed by atoms with Crippen LogP contribution >= 0.6 is 11.8 Å². The smallest absolute Gasteiger partial charge is 0.255 e. The third kappa shape index (κ3) is 3.74. The molecular formula is C18H25N3O2S. The molecule has 5 nitrogen and oxygen atoms in total. The minimum absolute atomic E-state index is 0.0624. The van der Waals surface area contributed by atoms with Gasteiger partial charge in [-0.1, -0.05) is 0 Å². The fraction of sp³-hybridized carbons (Fsp3) is 0.611. The SMILES string of the molecule is CSCCCN1C(=O)CCC2CN(C(=O)c3cccnc3)CCC21. The number of hydrogen-bond donors (Lipinski definition) is 0. The number of thioether (sulfide) groups is 1. The Morgan fingerprint density at radius 2 is 2.29 bits per heavy atom. The van der Waals surface area contributed by atoms with Gasteiger partial charge in [0.15, 0.2) is 0 Å². The van der Waals surface area contributed by atoms with Gasteiger partial charge in [0, 0.05) is 44.5 Å². The quantitative estimate of drug-likeness (QED) is 0.767. The van der Waals surface area contributed by atoms with Crippen molar-refractivity contribution in [1.82, 2.24) is 14.8 Å². The Labute approximate surface area is 147 Å². The van der Waals surface area contributed by atoms with Crippen molar-refractivity contribution >= 4 is 23.6 Å². The van der Waals surface area contributed by atoms with Crippen molar-refractivity contribution in [1.29, 1.82) is 0 Å². The van der Waals surface area contributed by atoms with Crippen molar-refractivity contribution in [3.05, 3.63) is 30.1 Å². The first-order chi connectivity index (χ1) is 11.7. The minimum atomic E-state index is 0.0624. The summed E-state index contributed by atoms with van der Waals surface area (Å²) in [6.07, 6.45) is 8.88. The number of fused-ring (bicyclic) bond motifs is 1. The Bertz CT molecular complexity index is 581. The standard InChI is InChI=1S/C18H25N3O2S/c1-24-11-3-9-21-16-7-10-20(13-15(16)5-6-17(21)22)18(23)14-4-2-8-19-12-14/h2,4,8,12,15-16H,3,5-7,9-11,13H2,1H3. The van der Waals surface area contributed by atoms with Crippen LogP contribution in [0, 0.1) is 5.92 Å². The monoisotopic (exact) mass is 347 g/mol. The van der Waals surface area contributed by atoms with E-state index >= 15 is 0 Å². The Morgan fingerprint density at radius 1 is 1.42 bits per heavy atom. The van der Waals surface area contributed by atoms with Crippen molar-refractivity contribution in [2.24, 2.45) is 5.92 Å². The Morgan fingerprint density at radius 3 is 3.04 bits per heavy atom. The molecule has 0 bridgehead atoms. The van der Waals surface area contributed by atoms with Crippen molar-refractivity contribution in [3.63, 3.8) is 0 Å². The number of carbonyl (C=O) groups excluding carboxylic acids is 2. The molecule has 0 N–H and O–H groups in total. The van der Waals surface area contributed by atoms with E-state index in [1.807, 2.05) is 22.7 Å². The van der Waals surface area contributed by atoms with Crippen LogP contribution in [0.1, 0.15) is 36.0 Å². The third-order valence-corrected chi connectivity index (χ3v) is 5.78. The molecule has 2 unspecified atom stereocenters. The molecule has 24 heavy (non-hydrogen) atoms. The topological polar surface area (TPSA) is 53.5 Å². The fourth-order valence-electron chi connectivity index (χ4n) is 3.88. The van der Waals surface area contributed by atoms with E-state index in [-0.39, 0.29) is 5.91 Å². The van der Waals surface area contributed by atoms with E-state index in [1.54, 1.807) is 18.5 Å². The molecule has 2 aliphatic heterocycles. The number of amides is 2. The fourth-order valence-corrected chi connectivity index (χ4v) is 4.30. The molecule has 2 atom stereocenters. The molecule has 6 heteroatoms. The highest BCUT2D eigenvalue weighted by Gasteiger charge is 2.40. The van der Waals surface area contributed by atoms with Gasteiger partial charge in [-0.15, -0.1) is 0 Å². The summed E-state index contributed by atoms with van der Waals surface area (Å²) in [6, 6.07) is 3.93. The molecule has 3 rings (SSSR count). The molecule has 2 aliphatic rings. The number of rotatable bonds is 5. The lowest BCUT2D eigenvalue weighted by molar-refractivity contribution is -0.140. The molecule has 1 aromatic heterocycles. The van der Waals surface area contributed by atoms with E-state index < -0.39 is 0 Å². The summed E-state index contributed by atoms with van der Waals surface area (Å²) < 4.78 is 0. The summed E-state index contributed by atoms with van der Waals surface area (Å²) in [7, 11) is 0. The van der Waals surface area contributed by atoms with Crippen LogP contribution in [0.4, 0.5) is 0 Å². The second kappa shape index (κ2) is 8.01. The van der Waals surface area contributed by atoms with Crippen molar-refractivity contribution in [2.45, 2.75) is 31.7 Å². The zero-order valence-corrected chi connectivity index (χ0v) is 15.0. The average molecular weight is 347 g/mol. The molecule has 0 aromatic carbocycles. The van der Waals surface area contributed by atoms with Gasteiger partial charge in [-0.25, -0.2) is 0 Å². The van der Waals surface area contributed by atoms with Crippen LogP contribution in [0.25, 0.3) is 0 Å². The molecule has 2 saturated heterocycles. The largest absolute Gasteiger partial charge is 0.339 e. The summed E-state index contributed by atoms with van der Waals surface area (Å²) in [5.41, 5.74) is 0.652. The van der Waals surface area contributed by atoms with Gasteiger partial charge >= 0.3 is 0 Å². The van der Waals surface area contributed by atoms with E-state index in [2.05, 4.69) is 16.1 Å². The van der Waals surface area contributed by atoms with Gasteiger partial charge in [0.2, 0.25) is 5.91 Å². The number of aromatic nitrogens is 1. The van der Waals surface area contributed by atoms with E-state index in [9.17, 15) is 9.59 Å². The van der Waals surface area contributed by atoms with Crippen LogP contribution in [-0.2, 0) is 4.79 Å². The molecule has 3 heterocycles. The highest BCUT2D eigenvalue weighted by atomic mass is 32.2. The van der Waals surface area contributed by atoms with Gasteiger partial charge in [0.05, 0.1) is 5.56 Å². The predicted octanol–water partition coefficient (Wildman–Crippen LogP) is 2.29. The summed E-state index contributed by atoms with van der Waals surface area (Å²) in [5.74, 6) is 1.86. The van der Waals surface area contributed by atoms with Gasteiger partial charge in [-0.05, 0) is 49.3 Å². The van der Waals surface area contributed by atoms with Crippen LogP contribution in [0.15, 0.2) is 24.5 Å². The predicted molar refractivity (Wildman–Crippen MR) is 96.0 cm³/mol. The first kappa shape index (κ1) is 17.3. The Hall–Kier alpha value is -1.56. The minimum Gasteiger partial charge on any atom is -0.339 e. The normalized spacial score (nSPS) is 24.0. The molecule has 130 valence electrons. The van der Waals surface area contributed by atoms with E-state index in [0.717, 1.165) is 44.6 Å². The maximum Gasteiger partial charge on any atom is 0.255 e. The van der Waals surface area contributed by atoms with Crippen molar-refractivity contribution in [3.8, 4) is 0 Å². The number of likely N-dealkylation sites (tertiary alicyclic amines) is 2. The lowest BCUT2D eigenvalue weighted by Crippen LogP contribution is -2.57. The number of hydrogen-bond acceptors (Lipinski definition) is 4. The first-order valence-electron chi connectivity index (χ1n) is 8.68. The van der Waals surface area contributed by atoms with Crippen molar-refractivity contribution in [2.75, 3.05) is 31.6 Å². The number of nitrogens with zero attached hydrogens (tertiary/aromatic N) is 3. The lowest BCUT2D eigenvalue weighted by atomic mass is 9.83. The highest BCUT2D eigenvalue weighted by molar-refractivity contribution is 7.98. The molecule has 2 amide bonds. The van der Waals surface area contributed by atoms with Crippen LogP contribution in [-0.4, -0.2) is 64.3 Å². The average Bonchev–Trinajstić information content (AvgIpc) is 2.63. The number of carbonyl (C=O) groups is 2. The molecule has 0 saturated carbocycles. The summed E-state index contributed by atoms with van der Waals surface area (Å²) in [6.45, 7) is 2.34. The van der Waals surface area contributed by atoms with Gasteiger partial charge in [-0.2, -0.15) is 11.8 Å². The van der Waals surface area contributed by atoms with Crippen LogP contribution in [0.2, 0.25) is 0 Å². The van der Waals surface area contributed by atoms with Crippen LogP contribution in [0.5, 0.6) is 0 Å². The number of pyridine rings is 1. The molecule has 1 aromatic rings. The van der Waals surface area contributed by atoms with Gasteiger partial charge < -0.3 is 9.80 Å². The van der Waals surface area contributed by atoms with E-state index in [1.165, 1.54) is 0 Å². The third-order valence-electron chi connectivity index (χ3n) is 5.09. The van der Waals surface area contributed by atoms with Crippen LogP contribution < -0.4 is 0 Å². The maximum atomic E-state index is 12.6. The summed E-state index contributed by atoms with van der Waals surface area (Å²) >= 11 is 1.83. The Balaban J connectivity index is 1.64. The first-order valence-corrected chi connectivity index (χ1v) is 10.1. The van der Waals surface area contributed by atoms with E-state index in [4.69, 9.17) is 0 Å².